The van der Waals surface area contributed by atoms with Crippen molar-refractivity contribution < 1.29 is 4.79 Å². The van der Waals surface area contributed by atoms with Crippen molar-refractivity contribution in [2.45, 2.75) is 39.0 Å². The molecule has 0 rings (SSSR count). The van der Waals surface area contributed by atoms with E-state index in [9.17, 15) is 4.79 Å². The summed E-state index contributed by atoms with van der Waals surface area (Å²) < 4.78 is 0. The Balaban J connectivity index is 3.29. The summed E-state index contributed by atoms with van der Waals surface area (Å²) in [6, 6.07) is 0. The minimum atomic E-state index is 0.683. The van der Waals surface area contributed by atoms with Crippen molar-refractivity contribution in [3.63, 3.8) is 0 Å². The van der Waals surface area contributed by atoms with Crippen molar-refractivity contribution in [1.82, 2.24) is 0 Å². The molecule has 0 aromatic heterocycles. The summed E-state index contributed by atoms with van der Waals surface area (Å²) in [7, 11) is 0. The van der Waals surface area contributed by atoms with E-state index in [0.717, 1.165) is 6.42 Å². The zero-order valence-corrected chi connectivity index (χ0v) is 8.33. The van der Waals surface area contributed by atoms with Gasteiger partial charge in [-0.2, -0.15) is 0 Å². The molecule has 13 heavy (non-hydrogen) atoms. The molecule has 0 unspecified atom stereocenters. The molecule has 1 heteroatoms. The SMILES string of the molecule is CCCCC/C=C/C=C/CC=C=O. The summed E-state index contributed by atoms with van der Waals surface area (Å²) in [5, 5.41) is 0. The van der Waals surface area contributed by atoms with Gasteiger partial charge in [-0.1, -0.05) is 44.1 Å². The minimum Gasteiger partial charge on any atom is -0.234 e. The topological polar surface area (TPSA) is 17.1 Å². The zero-order valence-electron chi connectivity index (χ0n) is 8.33. The van der Waals surface area contributed by atoms with Gasteiger partial charge in [0.2, 0.25) is 0 Å². The molecule has 72 valence electrons. The van der Waals surface area contributed by atoms with Gasteiger partial charge in [0.15, 0.2) is 0 Å². The Hall–Kier alpha value is -1.07. The average molecular weight is 178 g/mol. The first-order valence-electron chi connectivity index (χ1n) is 4.92. The molecule has 0 N–H and O–H groups in total. The van der Waals surface area contributed by atoms with E-state index in [-0.39, 0.29) is 0 Å². The monoisotopic (exact) mass is 178 g/mol. The molecule has 0 amide bonds. The van der Waals surface area contributed by atoms with Crippen LogP contribution in [0.2, 0.25) is 0 Å². The Morgan fingerprint density at radius 1 is 1.15 bits per heavy atom. The van der Waals surface area contributed by atoms with E-state index in [4.69, 9.17) is 0 Å². The molecule has 0 bridgehead atoms. The molecular weight excluding hydrogens is 160 g/mol. The highest BCUT2D eigenvalue weighted by Gasteiger charge is 1.79. The number of hydrogen-bond donors (Lipinski definition) is 0. The third-order valence-electron chi connectivity index (χ3n) is 1.69. The predicted molar refractivity (Wildman–Crippen MR) is 57.3 cm³/mol. The summed E-state index contributed by atoms with van der Waals surface area (Å²) in [4.78, 5) is 9.78. The minimum absolute atomic E-state index is 0.683. The second-order valence-electron chi connectivity index (χ2n) is 2.91. The number of rotatable bonds is 7. The lowest BCUT2D eigenvalue weighted by Gasteiger charge is -1.89. The van der Waals surface area contributed by atoms with Crippen molar-refractivity contribution in [1.29, 1.82) is 0 Å². The molecule has 0 radical (unpaired) electrons. The van der Waals surface area contributed by atoms with Crippen molar-refractivity contribution >= 4 is 5.94 Å². The van der Waals surface area contributed by atoms with Crippen LogP contribution in [0.5, 0.6) is 0 Å². The van der Waals surface area contributed by atoms with E-state index in [1.165, 1.54) is 25.3 Å². The van der Waals surface area contributed by atoms with Crippen LogP contribution in [0, 0.1) is 0 Å². The lowest BCUT2D eigenvalue weighted by molar-refractivity contribution is 0.568. The fourth-order valence-electron chi connectivity index (χ4n) is 0.960. The second kappa shape index (κ2) is 10.9. The van der Waals surface area contributed by atoms with Crippen molar-refractivity contribution in [3.8, 4) is 0 Å². The number of hydrogen-bond acceptors (Lipinski definition) is 1. The molecule has 0 heterocycles. The fourth-order valence-corrected chi connectivity index (χ4v) is 0.960. The van der Waals surface area contributed by atoms with Crippen LogP contribution in [0.4, 0.5) is 0 Å². The first-order chi connectivity index (χ1) is 6.41. The van der Waals surface area contributed by atoms with Crippen LogP contribution < -0.4 is 0 Å². The summed E-state index contributed by atoms with van der Waals surface area (Å²) >= 11 is 0. The normalized spacial score (nSPS) is 10.8. The van der Waals surface area contributed by atoms with Crippen LogP contribution in [-0.2, 0) is 4.79 Å². The van der Waals surface area contributed by atoms with Gasteiger partial charge in [0.25, 0.3) is 0 Å². The average Bonchev–Trinajstić information content (AvgIpc) is 2.16. The first kappa shape index (κ1) is 11.9. The quantitative estimate of drug-likeness (QED) is 0.331. The van der Waals surface area contributed by atoms with Gasteiger partial charge in [-0.25, -0.2) is 4.79 Å². The predicted octanol–water partition coefficient (Wildman–Crippen LogP) is 3.46. The summed E-state index contributed by atoms with van der Waals surface area (Å²) in [6.07, 6.45) is 15.3. The standard InChI is InChI=1S/C12H18O/c1-2-3-4-5-6-7-8-9-10-11-12-13/h6-9,11H,2-5,10H2,1H3/b7-6+,9-8+. The Labute approximate surface area is 80.8 Å². The van der Waals surface area contributed by atoms with Crippen molar-refractivity contribution in [3.05, 3.63) is 30.4 Å². The van der Waals surface area contributed by atoms with Crippen LogP contribution in [-0.4, -0.2) is 5.94 Å². The van der Waals surface area contributed by atoms with E-state index in [2.05, 4.69) is 13.0 Å². The van der Waals surface area contributed by atoms with Crippen LogP contribution in [0.3, 0.4) is 0 Å². The van der Waals surface area contributed by atoms with E-state index >= 15 is 0 Å². The molecule has 0 fully saturated rings. The maximum atomic E-state index is 9.78. The lowest BCUT2D eigenvalue weighted by Crippen LogP contribution is -1.69. The van der Waals surface area contributed by atoms with Gasteiger partial charge in [-0.15, -0.1) is 0 Å². The number of unbranched alkanes of at least 4 members (excludes halogenated alkanes) is 3. The van der Waals surface area contributed by atoms with Gasteiger partial charge in [0, 0.05) is 6.08 Å². The van der Waals surface area contributed by atoms with Gasteiger partial charge in [0.1, 0.15) is 5.94 Å². The molecule has 0 aliphatic rings. The Kier molecular flexibility index (Phi) is 10.0. The Bertz CT molecular complexity index is 195. The van der Waals surface area contributed by atoms with Crippen LogP contribution in [0.15, 0.2) is 30.4 Å². The maximum absolute atomic E-state index is 9.78. The van der Waals surface area contributed by atoms with E-state index in [1.807, 2.05) is 18.2 Å². The highest BCUT2D eigenvalue weighted by atomic mass is 16.1. The maximum Gasteiger partial charge on any atom is 0.120 e. The van der Waals surface area contributed by atoms with Crippen LogP contribution in [0.1, 0.15) is 39.0 Å². The Morgan fingerprint density at radius 2 is 1.92 bits per heavy atom. The highest BCUT2D eigenvalue weighted by molar-refractivity contribution is 5.45. The third kappa shape index (κ3) is 10.9. The second-order valence-corrected chi connectivity index (χ2v) is 2.91. The van der Waals surface area contributed by atoms with Crippen LogP contribution in [0.25, 0.3) is 0 Å². The first-order valence-corrected chi connectivity index (χ1v) is 4.92. The molecular formula is C12H18O. The highest BCUT2D eigenvalue weighted by Crippen LogP contribution is 1.99. The Morgan fingerprint density at radius 3 is 2.62 bits per heavy atom. The molecule has 0 spiro atoms. The van der Waals surface area contributed by atoms with E-state index < -0.39 is 0 Å². The van der Waals surface area contributed by atoms with Crippen molar-refractivity contribution in [2.24, 2.45) is 0 Å². The molecule has 1 nitrogen and oxygen atoms in total. The van der Waals surface area contributed by atoms with Crippen molar-refractivity contribution in [2.75, 3.05) is 0 Å². The summed E-state index contributed by atoms with van der Waals surface area (Å²) in [5.41, 5.74) is 0. The fraction of sp³-hybridized carbons (Fsp3) is 0.500. The van der Waals surface area contributed by atoms with Gasteiger partial charge in [-0.3, -0.25) is 0 Å². The third-order valence-corrected chi connectivity index (χ3v) is 1.69. The molecule has 0 aromatic rings. The lowest BCUT2D eigenvalue weighted by atomic mass is 10.2. The molecule has 0 atom stereocenters. The number of carbonyl (C=O) groups excluding carboxylic acids is 1. The largest absolute Gasteiger partial charge is 0.234 e. The molecule has 0 saturated heterocycles. The number of allylic oxidation sites excluding steroid dienone is 5. The van der Waals surface area contributed by atoms with E-state index in [0.29, 0.717) is 6.42 Å². The van der Waals surface area contributed by atoms with Gasteiger partial charge in [-0.05, 0) is 19.3 Å². The molecule has 0 aliphatic carbocycles. The molecule has 0 saturated carbocycles. The van der Waals surface area contributed by atoms with Crippen LogP contribution >= 0.6 is 0 Å². The molecule has 0 aromatic carbocycles. The zero-order chi connectivity index (χ0) is 9.78. The summed E-state index contributed by atoms with van der Waals surface area (Å²) in [6.45, 7) is 2.20. The van der Waals surface area contributed by atoms with Gasteiger partial charge in [0.05, 0.1) is 0 Å². The van der Waals surface area contributed by atoms with E-state index in [1.54, 1.807) is 5.94 Å². The van der Waals surface area contributed by atoms with Gasteiger partial charge >= 0.3 is 0 Å². The van der Waals surface area contributed by atoms with Gasteiger partial charge < -0.3 is 0 Å². The smallest absolute Gasteiger partial charge is 0.120 e. The summed E-state index contributed by atoms with van der Waals surface area (Å²) in [5.74, 6) is 1.74. The molecule has 0 aliphatic heterocycles.